The van der Waals surface area contributed by atoms with Gasteiger partial charge in [0, 0.05) is 49.0 Å². The predicted octanol–water partition coefficient (Wildman–Crippen LogP) is 3.38. The molecule has 154 valence electrons. The summed E-state index contributed by atoms with van der Waals surface area (Å²) in [6.07, 6.45) is 2.02. The number of pyridine rings is 1. The van der Waals surface area contributed by atoms with Gasteiger partial charge in [-0.05, 0) is 43.3 Å². The molecule has 1 aromatic carbocycles. The summed E-state index contributed by atoms with van der Waals surface area (Å²) in [6, 6.07) is 13.3. The Morgan fingerprint density at radius 1 is 1.07 bits per heavy atom. The second-order valence-electron chi connectivity index (χ2n) is 7.13. The smallest absolute Gasteiger partial charge is 0.228 e. The molecule has 1 saturated heterocycles. The zero-order valence-corrected chi connectivity index (χ0v) is 17.6. The number of anilines is 3. The Morgan fingerprint density at radius 2 is 1.83 bits per heavy atom. The van der Waals surface area contributed by atoms with Crippen LogP contribution in [0.25, 0.3) is 0 Å². The Hall–Kier alpha value is -3.26. The van der Waals surface area contributed by atoms with E-state index in [1.54, 1.807) is 13.1 Å². The lowest BCUT2D eigenvalue weighted by atomic mass is 10.1. The van der Waals surface area contributed by atoms with Crippen LogP contribution in [0, 0.1) is 0 Å². The first-order chi connectivity index (χ1) is 14.6. The molecule has 1 aliphatic rings. The number of benzene rings is 1. The molecule has 0 atom stereocenters. The molecule has 0 spiro atoms. The monoisotopic (exact) mass is 421 g/mol. The highest BCUT2D eigenvalue weighted by atomic mass is 32.1. The van der Waals surface area contributed by atoms with Gasteiger partial charge in [-0.3, -0.25) is 9.59 Å². The number of amides is 1. The number of nitrogens with one attached hydrogen (secondary N) is 1. The molecule has 0 saturated carbocycles. The standard InChI is InChI=1S/C22H23N5O2S/c1-16(28)17-5-7-19(8-6-17)26-10-12-27(13-11-26)21(29)14-18-15-30-22(24-18)25-20-4-2-3-9-23-20/h2-9,15H,10-14H2,1H3,(H,23,24,25). The molecule has 8 heteroatoms. The minimum absolute atomic E-state index is 0.0670. The fourth-order valence-corrected chi connectivity index (χ4v) is 4.10. The molecule has 1 N–H and O–H groups in total. The number of Topliss-reactive ketones (excluding diaryl/α,β-unsaturated/α-hetero) is 1. The highest BCUT2D eigenvalue weighted by Crippen LogP contribution is 2.21. The quantitative estimate of drug-likeness (QED) is 0.615. The largest absolute Gasteiger partial charge is 0.368 e. The van der Waals surface area contributed by atoms with Gasteiger partial charge in [0.05, 0.1) is 12.1 Å². The summed E-state index contributed by atoms with van der Waals surface area (Å²) in [5, 5.41) is 5.80. The number of carbonyl (C=O) groups is 2. The molecule has 7 nitrogen and oxygen atoms in total. The van der Waals surface area contributed by atoms with E-state index in [1.165, 1.54) is 11.3 Å². The number of hydrogen-bond donors (Lipinski definition) is 1. The van der Waals surface area contributed by atoms with Crippen molar-refractivity contribution in [2.45, 2.75) is 13.3 Å². The van der Waals surface area contributed by atoms with Crippen molar-refractivity contribution in [3.05, 3.63) is 65.3 Å². The van der Waals surface area contributed by atoms with Crippen LogP contribution in [0.2, 0.25) is 0 Å². The fourth-order valence-electron chi connectivity index (χ4n) is 3.38. The second-order valence-corrected chi connectivity index (χ2v) is 7.99. The van der Waals surface area contributed by atoms with Crippen molar-refractivity contribution in [3.8, 4) is 0 Å². The summed E-state index contributed by atoms with van der Waals surface area (Å²) in [6.45, 7) is 4.47. The van der Waals surface area contributed by atoms with Gasteiger partial charge in [-0.1, -0.05) is 6.07 Å². The number of rotatable bonds is 6. The molecule has 2 aromatic heterocycles. The van der Waals surface area contributed by atoms with Crippen LogP contribution in [0.3, 0.4) is 0 Å². The Balaban J connectivity index is 1.29. The molecule has 1 aliphatic heterocycles. The van der Waals surface area contributed by atoms with Gasteiger partial charge < -0.3 is 15.1 Å². The van der Waals surface area contributed by atoms with Crippen molar-refractivity contribution in [3.63, 3.8) is 0 Å². The number of nitrogens with zero attached hydrogens (tertiary/aromatic N) is 4. The fraction of sp³-hybridized carbons (Fsp3) is 0.273. The Kier molecular flexibility index (Phi) is 6.04. The third-order valence-electron chi connectivity index (χ3n) is 5.06. The summed E-state index contributed by atoms with van der Waals surface area (Å²) in [4.78, 5) is 37.0. The van der Waals surface area contributed by atoms with E-state index < -0.39 is 0 Å². The molecular weight excluding hydrogens is 398 g/mol. The Labute approximate surface area is 179 Å². The van der Waals surface area contributed by atoms with Crippen LogP contribution in [0.5, 0.6) is 0 Å². The molecule has 0 radical (unpaired) electrons. The zero-order valence-electron chi connectivity index (χ0n) is 16.7. The molecule has 30 heavy (non-hydrogen) atoms. The van der Waals surface area contributed by atoms with Crippen LogP contribution in [0.1, 0.15) is 23.0 Å². The molecular formula is C22H23N5O2S. The van der Waals surface area contributed by atoms with E-state index in [4.69, 9.17) is 0 Å². The number of piperazine rings is 1. The van der Waals surface area contributed by atoms with E-state index in [0.717, 1.165) is 35.4 Å². The van der Waals surface area contributed by atoms with Crippen molar-refractivity contribution < 1.29 is 9.59 Å². The van der Waals surface area contributed by atoms with E-state index in [2.05, 4.69) is 20.2 Å². The average molecular weight is 422 g/mol. The summed E-state index contributed by atoms with van der Waals surface area (Å²) in [5.41, 5.74) is 2.57. The molecule has 1 fully saturated rings. The summed E-state index contributed by atoms with van der Waals surface area (Å²) < 4.78 is 0. The normalized spacial score (nSPS) is 13.9. The van der Waals surface area contributed by atoms with Gasteiger partial charge in [0.2, 0.25) is 5.91 Å². The van der Waals surface area contributed by atoms with Crippen molar-refractivity contribution in [2.24, 2.45) is 0 Å². The van der Waals surface area contributed by atoms with E-state index in [-0.39, 0.29) is 11.7 Å². The van der Waals surface area contributed by atoms with Gasteiger partial charge in [-0.2, -0.15) is 0 Å². The van der Waals surface area contributed by atoms with Gasteiger partial charge in [0.15, 0.2) is 10.9 Å². The van der Waals surface area contributed by atoms with Crippen LogP contribution in [0.4, 0.5) is 16.6 Å². The van der Waals surface area contributed by atoms with Crippen molar-refractivity contribution >= 4 is 39.7 Å². The number of aromatic nitrogens is 2. The van der Waals surface area contributed by atoms with E-state index in [9.17, 15) is 9.59 Å². The summed E-state index contributed by atoms with van der Waals surface area (Å²) in [7, 11) is 0. The number of thiazole rings is 1. The minimum atomic E-state index is 0.0670. The molecule has 4 rings (SSSR count). The molecule has 3 heterocycles. The Morgan fingerprint density at radius 3 is 2.50 bits per heavy atom. The minimum Gasteiger partial charge on any atom is -0.368 e. The highest BCUT2D eigenvalue weighted by molar-refractivity contribution is 7.13. The molecule has 0 bridgehead atoms. The van der Waals surface area contributed by atoms with Gasteiger partial charge in [-0.15, -0.1) is 11.3 Å². The lowest BCUT2D eigenvalue weighted by molar-refractivity contribution is -0.130. The van der Waals surface area contributed by atoms with Crippen molar-refractivity contribution in [1.29, 1.82) is 0 Å². The van der Waals surface area contributed by atoms with Crippen LogP contribution >= 0.6 is 11.3 Å². The van der Waals surface area contributed by atoms with Crippen molar-refractivity contribution in [1.82, 2.24) is 14.9 Å². The summed E-state index contributed by atoms with van der Waals surface area (Å²) >= 11 is 1.47. The molecule has 3 aromatic rings. The third kappa shape index (κ3) is 4.83. The molecule has 1 amide bonds. The van der Waals surface area contributed by atoms with Crippen LogP contribution in [-0.4, -0.2) is 52.7 Å². The number of hydrogen-bond acceptors (Lipinski definition) is 7. The van der Waals surface area contributed by atoms with Crippen LogP contribution in [0.15, 0.2) is 54.0 Å². The number of ketones is 1. The van der Waals surface area contributed by atoms with Gasteiger partial charge >= 0.3 is 0 Å². The first-order valence-corrected chi connectivity index (χ1v) is 10.7. The van der Waals surface area contributed by atoms with Crippen molar-refractivity contribution in [2.75, 3.05) is 36.4 Å². The number of carbonyl (C=O) groups excluding carboxylic acids is 2. The topological polar surface area (TPSA) is 78.4 Å². The maximum absolute atomic E-state index is 12.7. The zero-order chi connectivity index (χ0) is 20.9. The van der Waals surface area contributed by atoms with Gasteiger partial charge in [-0.25, -0.2) is 9.97 Å². The van der Waals surface area contributed by atoms with E-state index in [1.807, 2.05) is 52.7 Å². The summed E-state index contributed by atoms with van der Waals surface area (Å²) in [5.74, 6) is 0.894. The predicted molar refractivity (Wildman–Crippen MR) is 119 cm³/mol. The maximum Gasteiger partial charge on any atom is 0.228 e. The van der Waals surface area contributed by atoms with Crippen LogP contribution in [-0.2, 0) is 11.2 Å². The highest BCUT2D eigenvalue weighted by Gasteiger charge is 2.22. The third-order valence-corrected chi connectivity index (χ3v) is 5.86. The van der Waals surface area contributed by atoms with Gasteiger partial charge in [0.25, 0.3) is 0 Å². The maximum atomic E-state index is 12.7. The molecule has 0 unspecified atom stereocenters. The lowest BCUT2D eigenvalue weighted by Gasteiger charge is -2.36. The Bertz CT molecular complexity index is 1010. The van der Waals surface area contributed by atoms with Crippen LogP contribution < -0.4 is 10.2 Å². The van der Waals surface area contributed by atoms with Gasteiger partial charge in [0.1, 0.15) is 5.82 Å². The first kappa shape index (κ1) is 20.0. The first-order valence-electron chi connectivity index (χ1n) is 9.85. The average Bonchev–Trinajstić information content (AvgIpc) is 3.21. The van der Waals surface area contributed by atoms with E-state index >= 15 is 0 Å². The van der Waals surface area contributed by atoms with E-state index in [0.29, 0.717) is 25.1 Å². The second kappa shape index (κ2) is 9.04. The lowest BCUT2D eigenvalue weighted by Crippen LogP contribution is -2.49. The SMILES string of the molecule is CC(=O)c1ccc(N2CCN(C(=O)Cc3csc(Nc4ccccn4)n3)CC2)cc1. The molecule has 0 aliphatic carbocycles.